The van der Waals surface area contributed by atoms with E-state index >= 15 is 0 Å². The third-order valence-electron chi connectivity index (χ3n) is 4.86. The van der Waals surface area contributed by atoms with E-state index in [-0.39, 0.29) is 0 Å². The predicted molar refractivity (Wildman–Crippen MR) is 80.6 cm³/mol. The van der Waals surface area contributed by atoms with Crippen LogP contribution in [-0.4, -0.2) is 19.9 Å². The van der Waals surface area contributed by atoms with Crippen molar-refractivity contribution in [3.63, 3.8) is 0 Å². The molecular formula is C16H26OSi. The lowest BCUT2D eigenvalue weighted by Gasteiger charge is -2.25. The SMILES string of the molecule is CC[Si](CC)(CC)[C@H]1O[C@@H]1CCc1ccccc1. The van der Waals surface area contributed by atoms with Crippen molar-refractivity contribution in [2.24, 2.45) is 0 Å². The van der Waals surface area contributed by atoms with Gasteiger partial charge in [0.05, 0.1) is 19.9 Å². The van der Waals surface area contributed by atoms with E-state index in [1.807, 2.05) is 0 Å². The molecule has 1 aromatic carbocycles. The summed E-state index contributed by atoms with van der Waals surface area (Å²) >= 11 is 0. The zero-order chi connectivity index (χ0) is 13.0. The fourth-order valence-electron chi connectivity index (χ4n) is 3.21. The number of benzene rings is 1. The molecule has 2 atom stereocenters. The standard InChI is InChI=1S/C16H26OSi/c1-4-18(5-2,6-3)16-15(17-16)13-12-14-10-8-7-9-11-14/h7-11,15-16H,4-6,12-13H2,1-3H3/t15-,16-/m1/s1. The fourth-order valence-corrected chi connectivity index (χ4v) is 7.33. The Morgan fingerprint density at radius 2 is 1.61 bits per heavy atom. The van der Waals surface area contributed by atoms with Crippen LogP contribution in [0.3, 0.4) is 0 Å². The van der Waals surface area contributed by atoms with Gasteiger partial charge in [0, 0.05) is 0 Å². The maximum Gasteiger partial charge on any atom is 0.0902 e. The largest absolute Gasteiger partial charge is 0.373 e. The summed E-state index contributed by atoms with van der Waals surface area (Å²) in [5.74, 6) is 0. The van der Waals surface area contributed by atoms with Crippen LogP contribution in [0, 0.1) is 0 Å². The highest BCUT2D eigenvalue weighted by molar-refractivity contribution is 6.81. The highest BCUT2D eigenvalue weighted by atomic mass is 28.3. The number of hydrogen-bond acceptors (Lipinski definition) is 1. The Labute approximate surface area is 113 Å². The van der Waals surface area contributed by atoms with Crippen molar-refractivity contribution in [3.8, 4) is 0 Å². The van der Waals surface area contributed by atoms with Crippen LogP contribution < -0.4 is 0 Å². The first-order valence-corrected chi connectivity index (χ1v) is 10.1. The van der Waals surface area contributed by atoms with Gasteiger partial charge in [-0.2, -0.15) is 0 Å². The Morgan fingerprint density at radius 3 is 2.17 bits per heavy atom. The van der Waals surface area contributed by atoms with Crippen LogP contribution >= 0.6 is 0 Å². The summed E-state index contributed by atoms with van der Waals surface area (Å²) in [5, 5.41) is 0. The maximum atomic E-state index is 6.04. The number of hydrogen-bond donors (Lipinski definition) is 0. The van der Waals surface area contributed by atoms with Crippen molar-refractivity contribution in [2.75, 3.05) is 0 Å². The van der Waals surface area contributed by atoms with Crippen molar-refractivity contribution < 1.29 is 4.74 Å². The summed E-state index contributed by atoms with van der Waals surface area (Å²) < 4.78 is 6.04. The van der Waals surface area contributed by atoms with Gasteiger partial charge in [0.2, 0.25) is 0 Å². The molecule has 100 valence electrons. The quantitative estimate of drug-likeness (QED) is 0.523. The van der Waals surface area contributed by atoms with Crippen LogP contribution in [0.15, 0.2) is 30.3 Å². The lowest BCUT2D eigenvalue weighted by Crippen LogP contribution is -2.40. The molecule has 1 nitrogen and oxygen atoms in total. The van der Waals surface area contributed by atoms with Crippen LogP contribution in [0.25, 0.3) is 0 Å². The number of ether oxygens (including phenoxy) is 1. The highest BCUT2D eigenvalue weighted by Crippen LogP contribution is 2.40. The summed E-state index contributed by atoms with van der Waals surface area (Å²) in [6, 6.07) is 14.9. The molecule has 0 amide bonds. The van der Waals surface area contributed by atoms with E-state index in [2.05, 4.69) is 51.1 Å². The monoisotopic (exact) mass is 262 g/mol. The van der Waals surface area contributed by atoms with Crippen LogP contribution in [0.1, 0.15) is 32.8 Å². The van der Waals surface area contributed by atoms with Gasteiger partial charge in [0.15, 0.2) is 0 Å². The van der Waals surface area contributed by atoms with Crippen LogP contribution in [0.2, 0.25) is 18.1 Å². The van der Waals surface area contributed by atoms with Crippen molar-refractivity contribution >= 4 is 8.07 Å². The van der Waals surface area contributed by atoms with Crippen molar-refractivity contribution in [3.05, 3.63) is 35.9 Å². The van der Waals surface area contributed by atoms with Gasteiger partial charge in [-0.15, -0.1) is 0 Å². The van der Waals surface area contributed by atoms with Gasteiger partial charge >= 0.3 is 0 Å². The molecule has 18 heavy (non-hydrogen) atoms. The van der Waals surface area contributed by atoms with Crippen molar-refractivity contribution in [1.29, 1.82) is 0 Å². The molecule has 1 fully saturated rings. The van der Waals surface area contributed by atoms with E-state index in [4.69, 9.17) is 4.74 Å². The summed E-state index contributed by atoms with van der Waals surface area (Å²) in [4.78, 5) is 0. The molecule has 1 heterocycles. The molecule has 0 aromatic heterocycles. The minimum absolute atomic E-state index is 0.566. The molecule has 1 aromatic rings. The van der Waals surface area contributed by atoms with Gasteiger partial charge < -0.3 is 4.74 Å². The summed E-state index contributed by atoms with van der Waals surface area (Å²) in [7, 11) is -1.11. The molecule has 0 unspecified atom stereocenters. The van der Waals surface area contributed by atoms with Gasteiger partial charge in [0.1, 0.15) is 0 Å². The second-order valence-corrected chi connectivity index (χ2v) is 11.0. The average Bonchev–Trinajstić information content (AvgIpc) is 3.21. The molecular weight excluding hydrogens is 236 g/mol. The van der Waals surface area contributed by atoms with Gasteiger partial charge in [-0.25, -0.2) is 0 Å². The average molecular weight is 262 g/mol. The minimum Gasteiger partial charge on any atom is -0.373 e. The highest BCUT2D eigenvalue weighted by Gasteiger charge is 2.52. The summed E-state index contributed by atoms with van der Waals surface area (Å²) in [5.41, 5.74) is 2.10. The molecule has 0 aliphatic carbocycles. The normalized spacial score (nSPS) is 23.1. The Bertz CT molecular complexity index is 350. The Kier molecular flexibility index (Phi) is 4.63. The van der Waals surface area contributed by atoms with Crippen LogP contribution in [0.4, 0.5) is 0 Å². The van der Waals surface area contributed by atoms with Crippen LogP contribution in [0.5, 0.6) is 0 Å². The van der Waals surface area contributed by atoms with E-state index in [0.29, 0.717) is 11.8 Å². The van der Waals surface area contributed by atoms with Gasteiger partial charge in [-0.1, -0.05) is 69.2 Å². The molecule has 0 spiro atoms. The lowest BCUT2D eigenvalue weighted by molar-refractivity contribution is 0.383. The molecule has 1 aliphatic rings. The molecule has 0 radical (unpaired) electrons. The Balaban J connectivity index is 1.84. The first-order valence-electron chi connectivity index (χ1n) is 7.45. The second-order valence-electron chi connectivity index (χ2n) is 5.54. The Morgan fingerprint density at radius 1 is 1.00 bits per heavy atom. The van der Waals surface area contributed by atoms with Crippen molar-refractivity contribution in [1.82, 2.24) is 0 Å². The van der Waals surface area contributed by atoms with Gasteiger partial charge in [-0.05, 0) is 18.4 Å². The van der Waals surface area contributed by atoms with E-state index in [1.165, 1.54) is 36.5 Å². The van der Waals surface area contributed by atoms with Gasteiger partial charge in [0.25, 0.3) is 0 Å². The summed E-state index contributed by atoms with van der Waals surface area (Å²) in [6.45, 7) is 7.11. The maximum absolute atomic E-state index is 6.04. The predicted octanol–water partition coefficient (Wildman–Crippen LogP) is 4.43. The number of rotatable bonds is 7. The van der Waals surface area contributed by atoms with E-state index in [0.717, 1.165) is 0 Å². The van der Waals surface area contributed by atoms with E-state index in [1.54, 1.807) is 0 Å². The second kappa shape index (κ2) is 6.03. The summed E-state index contributed by atoms with van der Waals surface area (Å²) in [6.07, 6.45) is 2.95. The third kappa shape index (κ3) is 2.86. The molecule has 2 rings (SSSR count). The topological polar surface area (TPSA) is 12.5 Å². The zero-order valence-corrected chi connectivity index (χ0v) is 13.0. The fraction of sp³-hybridized carbons (Fsp3) is 0.625. The molecule has 0 bridgehead atoms. The molecule has 1 saturated heterocycles. The third-order valence-corrected chi connectivity index (χ3v) is 10.8. The first-order chi connectivity index (χ1) is 8.75. The van der Waals surface area contributed by atoms with E-state index < -0.39 is 8.07 Å². The Hall–Kier alpha value is -0.603. The van der Waals surface area contributed by atoms with Crippen LogP contribution in [-0.2, 0) is 11.2 Å². The first kappa shape index (κ1) is 13.8. The van der Waals surface area contributed by atoms with E-state index in [9.17, 15) is 0 Å². The molecule has 2 heteroatoms. The lowest BCUT2D eigenvalue weighted by atomic mass is 10.1. The van der Waals surface area contributed by atoms with Gasteiger partial charge in [-0.3, -0.25) is 0 Å². The smallest absolute Gasteiger partial charge is 0.0902 e. The molecule has 0 saturated carbocycles. The minimum atomic E-state index is -1.11. The zero-order valence-electron chi connectivity index (χ0n) is 12.0. The molecule has 1 aliphatic heterocycles. The molecule has 0 N–H and O–H groups in total. The number of epoxide rings is 1. The van der Waals surface area contributed by atoms with Crippen molar-refractivity contribution in [2.45, 2.75) is 63.6 Å². The number of aryl methyl sites for hydroxylation is 1.